The first kappa shape index (κ1) is 18.7. The molecule has 0 aliphatic carbocycles. The van der Waals surface area contributed by atoms with Gasteiger partial charge in [0.1, 0.15) is 10.6 Å². The van der Waals surface area contributed by atoms with Crippen molar-refractivity contribution in [2.75, 3.05) is 33.2 Å². The minimum absolute atomic E-state index is 0.513. The lowest BCUT2D eigenvalue weighted by molar-refractivity contribution is 0.324. The van der Waals surface area contributed by atoms with Crippen molar-refractivity contribution >= 4 is 32.4 Å². The first-order valence-corrected chi connectivity index (χ1v) is 9.12. The summed E-state index contributed by atoms with van der Waals surface area (Å²) in [7, 11) is 4.70. The number of rotatable bonds is 6. The number of hydrogen-bond donors (Lipinski definition) is 1. The van der Waals surface area contributed by atoms with Gasteiger partial charge in [-0.15, -0.1) is 11.3 Å². The van der Waals surface area contributed by atoms with Gasteiger partial charge in [0.2, 0.25) is 10.8 Å². The molecule has 3 aromatic rings. The van der Waals surface area contributed by atoms with Gasteiger partial charge in [-0.1, -0.05) is 0 Å². The first-order chi connectivity index (χ1) is 13.1. The van der Waals surface area contributed by atoms with Gasteiger partial charge in [0, 0.05) is 17.5 Å². The molecule has 2 aromatic heterocycles. The van der Waals surface area contributed by atoms with E-state index in [2.05, 4.69) is 10.2 Å². The van der Waals surface area contributed by atoms with Crippen molar-refractivity contribution in [3.63, 3.8) is 0 Å². The summed E-state index contributed by atoms with van der Waals surface area (Å²) in [4.78, 5) is 13.8. The summed E-state index contributed by atoms with van der Waals surface area (Å²) in [6, 6.07) is 3.63. The number of aryl methyl sites for hydroxylation is 1. The fraction of sp³-hybridized carbons (Fsp3) is 0.316. The number of nitrogens with one attached hydrogen (secondary N) is 1. The minimum atomic E-state index is 0.513. The van der Waals surface area contributed by atoms with Crippen molar-refractivity contribution in [1.29, 1.82) is 0 Å². The van der Waals surface area contributed by atoms with Crippen molar-refractivity contribution in [3.05, 3.63) is 29.1 Å². The Hall–Kier alpha value is -3.05. The highest BCUT2D eigenvalue weighted by molar-refractivity contribution is 7.22. The number of nitrogens with zero attached hydrogens (tertiary/aromatic N) is 3. The van der Waals surface area contributed by atoms with Gasteiger partial charge in [0.15, 0.2) is 17.3 Å². The second-order valence-electron chi connectivity index (χ2n) is 5.66. The largest absolute Gasteiger partial charge is 0.493 e. The summed E-state index contributed by atoms with van der Waals surface area (Å²) in [6.45, 7) is 12.0. The highest BCUT2D eigenvalue weighted by atomic mass is 32.1. The molecular formula is C19H20N4O3S. The molecule has 0 saturated carbocycles. The second kappa shape index (κ2) is 7.68. The van der Waals surface area contributed by atoms with Gasteiger partial charge < -0.3 is 19.5 Å². The number of fused-ring (bicyclic) bond motifs is 1. The summed E-state index contributed by atoms with van der Waals surface area (Å²) < 4.78 is 16.2. The van der Waals surface area contributed by atoms with Crippen LogP contribution in [0, 0.1) is 13.5 Å². The van der Waals surface area contributed by atoms with Gasteiger partial charge in [0.05, 0.1) is 27.9 Å². The zero-order chi connectivity index (χ0) is 19.6. The predicted octanol–water partition coefficient (Wildman–Crippen LogP) is 4.68. The molecule has 0 spiro atoms. The van der Waals surface area contributed by atoms with Crippen molar-refractivity contribution in [2.24, 2.45) is 0 Å². The maximum Gasteiger partial charge on any atom is 0.246 e. The summed E-state index contributed by atoms with van der Waals surface area (Å²) in [5, 5.41) is 4.80. The molecule has 0 saturated heterocycles. The molecule has 0 unspecified atom stereocenters. The lowest BCUT2D eigenvalue weighted by Gasteiger charge is -2.14. The normalized spacial score (nSPS) is 10.5. The predicted molar refractivity (Wildman–Crippen MR) is 108 cm³/mol. The van der Waals surface area contributed by atoms with E-state index >= 15 is 0 Å². The van der Waals surface area contributed by atoms with Crippen LogP contribution in [-0.2, 0) is 0 Å². The van der Waals surface area contributed by atoms with Crippen LogP contribution in [0.4, 0.5) is 10.8 Å². The molecule has 0 aliphatic rings. The molecule has 0 radical (unpaired) electrons. The third-order valence-electron chi connectivity index (χ3n) is 4.13. The van der Waals surface area contributed by atoms with Crippen LogP contribution in [0.25, 0.3) is 26.4 Å². The molecule has 8 heteroatoms. The number of hydrogen-bond acceptors (Lipinski definition) is 7. The van der Waals surface area contributed by atoms with Gasteiger partial charge >= 0.3 is 0 Å². The molecule has 0 fully saturated rings. The lowest BCUT2D eigenvalue weighted by Crippen LogP contribution is -2.03. The fourth-order valence-electron chi connectivity index (χ4n) is 2.87. The Labute approximate surface area is 161 Å². The average molecular weight is 384 g/mol. The van der Waals surface area contributed by atoms with E-state index in [-0.39, 0.29) is 0 Å². The highest BCUT2D eigenvalue weighted by Crippen LogP contribution is 2.43. The first-order valence-electron chi connectivity index (χ1n) is 8.30. The van der Waals surface area contributed by atoms with E-state index in [4.69, 9.17) is 30.8 Å². The van der Waals surface area contributed by atoms with Crippen molar-refractivity contribution in [2.45, 2.75) is 13.8 Å². The van der Waals surface area contributed by atoms with E-state index in [1.54, 1.807) is 21.3 Å². The zero-order valence-corrected chi connectivity index (χ0v) is 16.7. The molecule has 1 aromatic carbocycles. The number of aromatic nitrogens is 2. The van der Waals surface area contributed by atoms with Gasteiger partial charge in [-0.25, -0.2) is 14.8 Å². The molecule has 0 bridgehead atoms. The Morgan fingerprint density at radius 1 is 1.11 bits per heavy atom. The van der Waals surface area contributed by atoms with Crippen LogP contribution in [0.1, 0.15) is 12.5 Å². The Morgan fingerprint density at radius 3 is 2.30 bits per heavy atom. The number of benzene rings is 1. The van der Waals surface area contributed by atoms with E-state index in [9.17, 15) is 0 Å². The third kappa shape index (κ3) is 3.22. The van der Waals surface area contributed by atoms with E-state index in [1.807, 2.05) is 26.0 Å². The molecule has 0 atom stereocenters. The Bertz CT molecular complexity index is 1010. The zero-order valence-electron chi connectivity index (χ0n) is 15.8. The standard InChI is InChI=1S/C19H20N4O3S/c1-7-21-17-14-10(2)18(20-3)27-19(14)23-16(22-17)11-8-12(24-4)15(26-6)13(9-11)25-5/h8-9H,7H2,1-2,4-6H3,(H,21,22,23). The summed E-state index contributed by atoms with van der Waals surface area (Å²) >= 11 is 1.37. The second-order valence-corrected chi connectivity index (χ2v) is 6.64. The summed E-state index contributed by atoms with van der Waals surface area (Å²) in [5.41, 5.74) is 1.64. The van der Waals surface area contributed by atoms with Gasteiger partial charge in [-0.3, -0.25) is 0 Å². The monoisotopic (exact) mass is 384 g/mol. The highest BCUT2D eigenvalue weighted by Gasteiger charge is 2.19. The van der Waals surface area contributed by atoms with E-state index in [0.717, 1.165) is 27.2 Å². The lowest BCUT2D eigenvalue weighted by atomic mass is 10.1. The third-order valence-corrected chi connectivity index (χ3v) is 5.21. The average Bonchev–Trinajstić information content (AvgIpc) is 3.02. The van der Waals surface area contributed by atoms with Crippen LogP contribution in [0.2, 0.25) is 0 Å². The van der Waals surface area contributed by atoms with Crippen LogP contribution in [0.15, 0.2) is 12.1 Å². The Balaban J connectivity index is 2.27. The number of ether oxygens (including phenoxy) is 3. The maximum absolute atomic E-state index is 7.38. The smallest absolute Gasteiger partial charge is 0.246 e. The SMILES string of the molecule is [C-]#[N+]c1sc2nc(-c3cc(OC)c(OC)c(OC)c3)nc(NCC)c2c1C. The van der Waals surface area contributed by atoms with Crippen LogP contribution >= 0.6 is 11.3 Å². The van der Waals surface area contributed by atoms with Crippen molar-refractivity contribution < 1.29 is 14.2 Å². The van der Waals surface area contributed by atoms with E-state index < -0.39 is 0 Å². The molecular weight excluding hydrogens is 364 g/mol. The van der Waals surface area contributed by atoms with Crippen molar-refractivity contribution in [3.8, 4) is 28.6 Å². The van der Waals surface area contributed by atoms with Gasteiger partial charge in [-0.05, 0) is 31.5 Å². The molecule has 7 nitrogen and oxygen atoms in total. The molecule has 3 rings (SSSR count). The van der Waals surface area contributed by atoms with Crippen LogP contribution in [0.5, 0.6) is 17.2 Å². The van der Waals surface area contributed by atoms with Crippen molar-refractivity contribution in [1.82, 2.24) is 9.97 Å². The molecule has 0 aliphatic heterocycles. The Morgan fingerprint density at radius 2 is 1.78 bits per heavy atom. The maximum atomic E-state index is 7.38. The molecule has 140 valence electrons. The summed E-state index contributed by atoms with van der Waals surface area (Å²) in [5.74, 6) is 2.82. The molecule has 0 amide bonds. The molecule has 2 heterocycles. The van der Waals surface area contributed by atoms with Crippen LogP contribution in [0.3, 0.4) is 0 Å². The number of anilines is 1. The van der Waals surface area contributed by atoms with Crippen LogP contribution < -0.4 is 19.5 Å². The quantitative estimate of drug-likeness (QED) is 0.623. The Kier molecular flexibility index (Phi) is 5.33. The van der Waals surface area contributed by atoms with E-state index in [1.165, 1.54) is 11.3 Å². The molecule has 27 heavy (non-hydrogen) atoms. The summed E-state index contributed by atoms with van der Waals surface area (Å²) in [6.07, 6.45) is 0. The van der Waals surface area contributed by atoms with Gasteiger partial charge in [-0.2, -0.15) is 0 Å². The number of methoxy groups -OCH3 is 3. The van der Waals surface area contributed by atoms with Gasteiger partial charge in [0.25, 0.3) is 0 Å². The number of thiophene rings is 1. The topological polar surface area (TPSA) is 69.9 Å². The van der Waals surface area contributed by atoms with Crippen LogP contribution in [-0.4, -0.2) is 37.8 Å². The minimum Gasteiger partial charge on any atom is -0.493 e. The molecule has 1 N–H and O–H groups in total. The van der Waals surface area contributed by atoms with E-state index in [0.29, 0.717) is 34.6 Å². The fourth-order valence-corrected chi connectivity index (χ4v) is 3.84.